The minimum Gasteiger partial charge on any atom is -0.507 e. The van der Waals surface area contributed by atoms with Gasteiger partial charge in [0, 0.05) is 10.9 Å². The molecule has 0 aliphatic carbocycles. The highest BCUT2D eigenvalue weighted by molar-refractivity contribution is 8.18. The lowest BCUT2D eigenvalue weighted by Gasteiger charge is -2.02. The molecule has 4 rings (SSSR count). The largest absolute Gasteiger partial charge is 0.507 e. The highest BCUT2D eigenvalue weighted by atomic mass is 32.2. The molecule has 0 saturated heterocycles. The molecule has 1 aromatic heterocycles. The van der Waals surface area contributed by atoms with Crippen LogP contribution < -0.4 is 0 Å². The number of nitrogens with zero attached hydrogens (tertiary/aromatic N) is 3. The molecule has 1 aliphatic rings. The fraction of sp³-hybridized carbons (Fsp3) is 0.100. The van der Waals surface area contributed by atoms with Crippen molar-refractivity contribution in [2.75, 3.05) is 0 Å². The third-order valence-electron chi connectivity index (χ3n) is 4.31. The predicted molar refractivity (Wildman–Crippen MR) is 110 cm³/mol. The van der Waals surface area contributed by atoms with E-state index in [1.807, 2.05) is 25.1 Å². The first-order valence-electron chi connectivity index (χ1n) is 8.46. The van der Waals surface area contributed by atoms with Crippen LogP contribution in [0.4, 0.5) is 5.69 Å². The number of amides is 1. The molecule has 3 aromatic rings. The summed E-state index contributed by atoms with van der Waals surface area (Å²) in [5, 5.41) is 29.2. The number of phenols is 1. The number of benzene rings is 2. The molecule has 28 heavy (non-hydrogen) atoms. The van der Waals surface area contributed by atoms with Gasteiger partial charge in [0.05, 0.1) is 10.4 Å². The Bertz CT molecular complexity index is 1210. The molecule has 0 unspecified atom stereocenters. The fourth-order valence-electron chi connectivity index (χ4n) is 2.85. The summed E-state index contributed by atoms with van der Waals surface area (Å²) < 4.78 is 0. The Morgan fingerprint density at radius 1 is 1.14 bits per heavy atom. The number of aromatic amines is 1. The first-order valence-corrected chi connectivity index (χ1v) is 9.28. The molecule has 3 N–H and O–H groups in total. The van der Waals surface area contributed by atoms with Gasteiger partial charge in [0.15, 0.2) is 5.69 Å². The van der Waals surface area contributed by atoms with E-state index in [4.69, 9.17) is 0 Å². The van der Waals surface area contributed by atoms with Crippen LogP contribution in [0.2, 0.25) is 0 Å². The molecule has 0 atom stereocenters. The summed E-state index contributed by atoms with van der Waals surface area (Å²) in [4.78, 5) is 19.2. The average Bonchev–Trinajstić information content (AvgIpc) is 3.16. The number of fused-ring (bicyclic) bond motifs is 1. The molecule has 0 fully saturated rings. The van der Waals surface area contributed by atoms with Crippen LogP contribution in [0.15, 0.2) is 56.5 Å². The minimum atomic E-state index is -0.446. The molecule has 8 heteroatoms. The first-order chi connectivity index (χ1) is 13.4. The third kappa shape index (κ3) is 3.29. The normalized spacial score (nSPS) is 15.9. The minimum absolute atomic E-state index is 0.0975. The standard InChI is InChI=1S/C20H16N4O3S/c1-10-6-7-14-13(8-10)16(19(27)21-14)23-24-20-22-18(26)15(28-20)9-12-5-3-4-11(2)17(12)25/h3-9,21,25,27H,1-2H3/b15-9-,24-23?. The molecule has 0 spiro atoms. The maximum Gasteiger partial charge on any atom is 0.286 e. The van der Waals surface area contributed by atoms with E-state index in [0.717, 1.165) is 33.8 Å². The number of H-pyrrole nitrogens is 1. The summed E-state index contributed by atoms with van der Waals surface area (Å²) in [5.41, 5.74) is 3.31. The fourth-order valence-corrected chi connectivity index (χ4v) is 3.58. The van der Waals surface area contributed by atoms with Crippen LogP contribution in [0.25, 0.3) is 17.0 Å². The summed E-state index contributed by atoms with van der Waals surface area (Å²) in [6.07, 6.45) is 1.58. The smallest absolute Gasteiger partial charge is 0.286 e. The monoisotopic (exact) mass is 392 g/mol. The first kappa shape index (κ1) is 18.0. The van der Waals surface area contributed by atoms with E-state index in [1.54, 1.807) is 31.2 Å². The molecular formula is C20H16N4O3S. The van der Waals surface area contributed by atoms with Crippen LogP contribution in [0.5, 0.6) is 11.6 Å². The number of phenolic OH excluding ortho intramolecular Hbond substituents is 1. The number of carbonyl (C=O) groups excluding carboxylic acids is 1. The summed E-state index contributed by atoms with van der Waals surface area (Å²) in [7, 11) is 0. The van der Waals surface area contributed by atoms with Gasteiger partial charge in [-0.05, 0) is 49.4 Å². The number of amidine groups is 1. The Hall–Kier alpha value is -3.39. The Balaban J connectivity index is 1.61. The SMILES string of the molecule is Cc1ccc2[nH]c(O)c(N=NC3=NC(=O)/C(=C/c4cccc(C)c4O)S3)c2c1. The molecule has 2 aromatic carbocycles. The van der Waals surface area contributed by atoms with Gasteiger partial charge in [0.25, 0.3) is 5.91 Å². The van der Waals surface area contributed by atoms with Gasteiger partial charge in [-0.2, -0.15) is 4.99 Å². The number of nitrogens with one attached hydrogen (secondary N) is 1. The van der Waals surface area contributed by atoms with Crippen molar-refractivity contribution in [2.45, 2.75) is 13.8 Å². The predicted octanol–water partition coefficient (Wildman–Crippen LogP) is 4.95. The van der Waals surface area contributed by atoms with Crippen molar-refractivity contribution in [2.24, 2.45) is 15.2 Å². The second-order valence-electron chi connectivity index (χ2n) is 6.39. The average molecular weight is 392 g/mol. The van der Waals surface area contributed by atoms with Crippen LogP contribution in [-0.2, 0) is 4.79 Å². The van der Waals surface area contributed by atoms with Crippen LogP contribution in [0, 0.1) is 13.8 Å². The zero-order valence-electron chi connectivity index (χ0n) is 15.1. The highest BCUT2D eigenvalue weighted by Gasteiger charge is 2.23. The molecular weight excluding hydrogens is 376 g/mol. The Morgan fingerprint density at radius 2 is 1.96 bits per heavy atom. The van der Waals surface area contributed by atoms with E-state index >= 15 is 0 Å². The number of rotatable bonds is 2. The van der Waals surface area contributed by atoms with Gasteiger partial charge in [-0.25, -0.2) is 0 Å². The van der Waals surface area contributed by atoms with Crippen molar-refractivity contribution >= 4 is 45.5 Å². The zero-order chi connectivity index (χ0) is 19.8. The van der Waals surface area contributed by atoms with Gasteiger partial charge in [-0.1, -0.05) is 29.8 Å². The Labute approximate surface area is 164 Å². The molecule has 0 saturated carbocycles. The van der Waals surface area contributed by atoms with E-state index in [0.29, 0.717) is 16.2 Å². The molecule has 0 bridgehead atoms. The summed E-state index contributed by atoms with van der Waals surface area (Å²) in [6.45, 7) is 3.73. The van der Waals surface area contributed by atoms with Crippen LogP contribution in [-0.4, -0.2) is 26.3 Å². The van der Waals surface area contributed by atoms with Gasteiger partial charge in [0.1, 0.15) is 5.75 Å². The number of hydrogen-bond donors (Lipinski definition) is 3. The van der Waals surface area contributed by atoms with Crippen LogP contribution in [0.1, 0.15) is 16.7 Å². The van der Waals surface area contributed by atoms with Crippen LogP contribution >= 0.6 is 11.8 Å². The zero-order valence-corrected chi connectivity index (χ0v) is 15.9. The number of hydrogen-bond acceptors (Lipinski definition) is 6. The Morgan fingerprint density at radius 3 is 2.79 bits per heavy atom. The van der Waals surface area contributed by atoms with Gasteiger partial charge in [-0.3, -0.25) is 4.79 Å². The number of aromatic hydroxyl groups is 2. The van der Waals surface area contributed by atoms with E-state index < -0.39 is 5.91 Å². The number of aryl methyl sites for hydroxylation is 2. The van der Waals surface area contributed by atoms with Crippen molar-refractivity contribution in [1.82, 2.24) is 4.98 Å². The highest BCUT2D eigenvalue weighted by Crippen LogP contribution is 2.37. The number of carbonyl (C=O) groups is 1. The van der Waals surface area contributed by atoms with Crippen molar-refractivity contribution in [1.29, 1.82) is 0 Å². The molecule has 7 nitrogen and oxygen atoms in total. The van der Waals surface area contributed by atoms with Crippen LogP contribution in [0.3, 0.4) is 0 Å². The van der Waals surface area contributed by atoms with Gasteiger partial charge in [0.2, 0.25) is 11.0 Å². The van der Waals surface area contributed by atoms with E-state index in [2.05, 4.69) is 20.2 Å². The third-order valence-corrected chi connectivity index (χ3v) is 5.18. The molecule has 1 amide bonds. The molecule has 2 heterocycles. The maximum absolute atomic E-state index is 12.2. The van der Waals surface area contributed by atoms with E-state index in [-0.39, 0.29) is 16.8 Å². The van der Waals surface area contributed by atoms with Crippen molar-refractivity contribution in [3.05, 3.63) is 58.0 Å². The quantitative estimate of drug-likeness (QED) is 0.423. The molecule has 0 radical (unpaired) electrons. The topological polar surface area (TPSA) is 110 Å². The number of azo groups is 1. The number of aromatic nitrogens is 1. The van der Waals surface area contributed by atoms with Gasteiger partial charge in [-0.15, -0.1) is 10.2 Å². The van der Waals surface area contributed by atoms with Gasteiger partial charge < -0.3 is 15.2 Å². The molecule has 1 aliphatic heterocycles. The summed E-state index contributed by atoms with van der Waals surface area (Å²) in [6, 6.07) is 11.0. The number of thioether (sulfide) groups is 1. The molecule has 140 valence electrons. The lowest BCUT2D eigenvalue weighted by Crippen LogP contribution is -1.88. The second kappa shape index (κ2) is 6.97. The maximum atomic E-state index is 12.2. The lowest BCUT2D eigenvalue weighted by atomic mass is 10.1. The van der Waals surface area contributed by atoms with Crippen molar-refractivity contribution in [3.63, 3.8) is 0 Å². The second-order valence-corrected chi connectivity index (χ2v) is 7.40. The summed E-state index contributed by atoms with van der Waals surface area (Å²) >= 11 is 1.06. The summed E-state index contributed by atoms with van der Waals surface area (Å²) in [5.74, 6) is -0.420. The Kier molecular flexibility index (Phi) is 4.48. The van der Waals surface area contributed by atoms with E-state index in [9.17, 15) is 15.0 Å². The number of aliphatic imine (C=N–C) groups is 1. The van der Waals surface area contributed by atoms with Crippen molar-refractivity contribution in [3.8, 4) is 11.6 Å². The van der Waals surface area contributed by atoms with E-state index in [1.165, 1.54) is 0 Å². The number of para-hydroxylation sites is 1. The van der Waals surface area contributed by atoms with Crippen molar-refractivity contribution < 1.29 is 15.0 Å². The lowest BCUT2D eigenvalue weighted by molar-refractivity contribution is -0.113. The van der Waals surface area contributed by atoms with Gasteiger partial charge >= 0.3 is 0 Å².